The second-order valence-corrected chi connectivity index (χ2v) is 7.93. The Balaban J connectivity index is 1.53. The summed E-state index contributed by atoms with van der Waals surface area (Å²) in [4.78, 5) is 16.5. The largest absolute Gasteiger partial charge is 0.401 e. The molecule has 2 fully saturated rings. The summed E-state index contributed by atoms with van der Waals surface area (Å²) >= 11 is 0. The molecule has 4 heterocycles. The molecule has 0 saturated carbocycles. The van der Waals surface area contributed by atoms with E-state index in [1.165, 1.54) is 7.05 Å². The third-order valence-corrected chi connectivity index (χ3v) is 5.74. The zero-order valence-corrected chi connectivity index (χ0v) is 14.8. The molecule has 0 radical (unpaired) electrons. The van der Waals surface area contributed by atoms with Gasteiger partial charge in [0.15, 0.2) is 0 Å². The zero-order chi connectivity index (χ0) is 18.5. The number of alkyl halides is 3. The topological polar surface area (TPSA) is 37.7 Å². The SMILES string of the molecule is CN(Cc1ccc2n(c1=O)C[C@H]1C[C@@H]2CN(C2COC2)C1)CC(F)(F)F. The first-order valence-electron chi connectivity index (χ1n) is 9.10. The number of nitrogens with zero attached hydrogens (tertiary/aromatic N) is 3. The Morgan fingerprint density at radius 3 is 2.65 bits per heavy atom. The van der Waals surface area contributed by atoms with Gasteiger partial charge in [-0.05, 0) is 25.5 Å². The third kappa shape index (κ3) is 3.54. The Bertz CT molecular complexity index is 729. The van der Waals surface area contributed by atoms with E-state index in [0.717, 1.165) is 43.3 Å². The Labute approximate surface area is 150 Å². The maximum absolute atomic E-state index is 12.9. The molecule has 0 unspecified atom stereocenters. The molecule has 0 aromatic carbocycles. The van der Waals surface area contributed by atoms with Crippen LogP contribution in [0.2, 0.25) is 0 Å². The van der Waals surface area contributed by atoms with Crippen LogP contribution in [-0.4, -0.2) is 66.5 Å². The monoisotopic (exact) mass is 371 g/mol. The van der Waals surface area contributed by atoms with Gasteiger partial charge in [0.1, 0.15) is 0 Å². The van der Waals surface area contributed by atoms with E-state index in [-0.39, 0.29) is 12.1 Å². The molecule has 8 heteroatoms. The first kappa shape index (κ1) is 18.0. The van der Waals surface area contributed by atoms with E-state index in [1.807, 2.05) is 10.6 Å². The van der Waals surface area contributed by atoms with Gasteiger partial charge < -0.3 is 9.30 Å². The minimum Gasteiger partial charge on any atom is -0.378 e. The van der Waals surface area contributed by atoms with Crippen molar-refractivity contribution in [3.05, 3.63) is 33.7 Å². The lowest BCUT2D eigenvalue weighted by molar-refractivity contribution is -0.144. The normalized spacial score (nSPS) is 26.7. The molecule has 3 aliphatic heterocycles. The van der Waals surface area contributed by atoms with Gasteiger partial charge in [-0.1, -0.05) is 6.07 Å². The molecule has 144 valence electrons. The molecule has 3 aliphatic rings. The van der Waals surface area contributed by atoms with E-state index in [2.05, 4.69) is 4.90 Å². The predicted molar refractivity (Wildman–Crippen MR) is 90.1 cm³/mol. The molecule has 26 heavy (non-hydrogen) atoms. The van der Waals surface area contributed by atoms with Crippen molar-refractivity contribution in [2.75, 3.05) is 39.9 Å². The number of hydrogen-bond acceptors (Lipinski definition) is 4. The van der Waals surface area contributed by atoms with E-state index in [4.69, 9.17) is 4.74 Å². The number of ether oxygens (including phenoxy) is 1. The number of halogens is 3. The molecular weight excluding hydrogens is 347 g/mol. The first-order valence-corrected chi connectivity index (χ1v) is 9.10. The highest BCUT2D eigenvalue weighted by molar-refractivity contribution is 5.22. The van der Waals surface area contributed by atoms with Gasteiger partial charge in [0, 0.05) is 43.4 Å². The smallest absolute Gasteiger partial charge is 0.378 e. The Morgan fingerprint density at radius 1 is 1.23 bits per heavy atom. The molecule has 1 aromatic heterocycles. The van der Waals surface area contributed by atoms with Crippen molar-refractivity contribution in [3.8, 4) is 0 Å². The van der Waals surface area contributed by atoms with E-state index in [1.54, 1.807) is 6.07 Å². The number of pyridine rings is 1. The Kier molecular flexibility index (Phi) is 4.61. The van der Waals surface area contributed by atoms with Gasteiger partial charge in [-0.15, -0.1) is 0 Å². The lowest BCUT2D eigenvalue weighted by atomic mass is 9.82. The molecule has 0 spiro atoms. The fourth-order valence-corrected chi connectivity index (χ4v) is 4.53. The maximum atomic E-state index is 12.9. The van der Waals surface area contributed by atoms with Crippen molar-refractivity contribution in [2.45, 2.75) is 37.6 Å². The number of likely N-dealkylation sites (tertiary alicyclic amines) is 1. The minimum atomic E-state index is -4.26. The minimum absolute atomic E-state index is 0.0134. The zero-order valence-electron chi connectivity index (χ0n) is 14.8. The summed E-state index contributed by atoms with van der Waals surface area (Å²) in [5.74, 6) is 0.737. The predicted octanol–water partition coefficient (Wildman–Crippen LogP) is 1.66. The molecule has 0 N–H and O–H groups in total. The number of piperidine rings is 1. The lowest BCUT2D eigenvalue weighted by Gasteiger charge is -2.47. The highest BCUT2D eigenvalue weighted by atomic mass is 19.4. The van der Waals surface area contributed by atoms with Gasteiger partial charge in [0.25, 0.3) is 5.56 Å². The number of rotatable bonds is 4. The van der Waals surface area contributed by atoms with Crippen molar-refractivity contribution < 1.29 is 17.9 Å². The summed E-state index contributed by atoms with van der Waals surface area (Å²) in [5.41, 5.74) is 1.33. The van der Waals surface area contributed by atoms with Gasteiger partial charge in [-0.3, -0.25) is 14.6 Å². The van der Waals surface area contributed by atoms with Crippen LogP contribution in [0.15, 0.2) is 16.9 Å². The second kappa shape index (κ2) is 6.65. The third-order valence-electron chi connectivity index (χ3n) is 5.74. The first-order chi connectivity index (χ1) is 12.3. The van der Waals surface area contributed by atoms with Gasteiger partial charge in [0.2, 0.25) is 0 Å². The molecule has 4 rings (SSSR count). The Hall–Kier alpha value is -1.38. The van der Waals surface area contributed by atoms with Crippen molar-refractivity contribution in [2.24, 2.45) is 5.92 Å². The van der Waals surface area contributed by atoms with Crippen LogP contribution in [0.3, 0.4) is 0 Å². The number of fused-ring (bicyclic) bond motifs is 4. The summed E-state index contributed by atoms with van der Waals surface area (Å²) in [7, 11) is 1.39. The molecule has 0 amide bonds. The summed E-state index contributed by atoms with van der Waals surface area (Å²) in [6, 6.07) is 4.15. The van der Waals surface area contributed by atoms with Crippen molar-refractivity contribution in [1.82, 2.24) is 14.4 Å². The average Bonchev–Trinajstić information content (AvgIpc) is 2.47. The van der Waals surface area contributed by atoms with Gasteiger partial charge >= 0.3 is 6.18 Å². The fraction of sp³-hybridized carbons (Fsp3) is 0.722. The average molecular weight is 371 g/mol. The van der Waals surface area contributed by atoms with Crippen molar-refractivity contribution >= 4 is 0 Å². The summed E-state index contributed by atoms with van der Waals surface area (Å²) < 4.78 is 44.7. The van der Waals surface area contributed by atoms with E-state index in [9.17, 15) is 18.0 Å². The van der Waals surface area contributed by atoms with Crippen LogP contribution in [0.4, 0.5) is 13.2 Å². The molecule has 5 nitrogen and oxygen atoms in total. The van der Waals surface area contributed by atoms with E-state index >= 15 is 0 Å². The number of hydrogen-bond donors (Lipinski definition) is 0. The molecule has 2 atom stereocenters. The van der Waals surface area contributed by atoms with Crippen LogP contribution in [0, 0.1) is 5.92 Å². The lowest BCUT2D eigenvalue weighted by Crippen LogP contribution is -2.56. The fourth-order valence-electron chi connectivity index (χ4n) is 4.53. The highest BCUT2D eigenvalue weighted by Crippen LogP contribution is 2.36. The van der Waals surface area contributed by atoms with Crippen LogP contribution in [-0.2, 0) is 17.8 Å². The summed E-state index contributed by atoms with van der Waals surface area (Å²) in [6.07, 6.45) is -3.18. The van der Waals surface area contributed by atoms with Crippen LogP contribution in [0.1, 0.15) is 23.6 Å². The van der Waals surface area contributed by atoms with Crippen LogP contribution in [0.25, 0.3) is 0 Å². The summed E-state index contributed by atoms with van der Waals surface area (Å²) in [5, 5.41) is 0. The second-order valence-electron chi connectivity index (χ2n) is 7.93. The van der Waals surface area contributed by atoms with Gasteiger partial charge in [-0.2, -0.15) is 13.2 Å². The van der Waals surface area contributed by atoms with Crippen molar-refractivity contribution in [3.63, 3.8) is 0 Å². The van der Waals surface area contributed by atoms with Crippen LogP contribution >= 0.6 is 0 Å². The highest BCUT2D eigenvalue weighted by Gasteiger charge is 2.39. The van der Waals surface area contributed by atoms with Crippen molar-refractivity contribution in [1.29, 1.82) is 0 Å². The standard InChI is InChI=1S/C18H24F3N3O2/c1-22(11-18(19,20)21)7-13-2-3-16-14-4-12(6-24(16)17(13)25)5-23(8-14)15-9-26-10-15/h2-3,12,14-15H,4-11H2,1H3/t12-,14+/m0/s1. The van der Waals surface area contributed by atoms with Gasteiger partial charge in [-0.25, -0.2) is 0 Å². The van der Waals surface area contributed by atoms with Crippen LogP contribution in [0.5, 0.6) is 0 Å². The summed E-state index contributed by atoms with van der Waals surface area (Å²) in [6.45, 7) is 3.13. The maximum Gasteiger partial charge on any atom is 0.401 e. The Morgan fingerprint density at radius 2 is 2.00 bits per heavy atom. The van der Waals surface area contributed by atoms with Crippen LogP contribution < -0.4 is 5.56 Å². The molecule has 2 saturated heterocycles. The molecule has 1 aromatic rings. The molecular formula is C18H24F3N3O2. The van der Waals surface area contributed by atoms with Gasteiger partial charge in [0.05, 0.1) is 25.8 Å². The van der Waals surface area contributed by atoms with E-state index in [0.29, 0.717) is 30.0 Å². The molecule has 0 aliphatic carbocycles. The number of aromatic nitrogens is 1. The van der Waals surface area contributed by atoms with E-state index < -0.39 is 12.7 Å². The molecule has 2 bridgehead atoms. The quantitative estimate of drug-likeness (QED) is 0.807.